The quantitative estimate of drug-likeness (QED) is 0.877. The molecule has 110 valence electrons. The average Bonchev–Trinajstić information content (AvgIpc) is 3.32. The Labute approximate surface area is 123 Å². The van der Waals surface area contributed by atoms with Gasteiger partial charge in [0.1, 0.15) is 11.6 Å². The molecule has 3 rings (SSSR count). The Morgan fingerprint density at radius 3 is 2.71 bits per heavy atom. The van der Waals surface area contributed by atoms with Gasteiger partial charge >= 0.3 is 0 Å². The minimum atomic E-state index is -0.0825. The Morgan fingerprint density at radius 2 is 2.05 bits per heavy atom. The molecule has 0 unspecified atom stereocenters. The minimum absolute atomic E-state index is 0.0825. The number of H-pyrrole nitrogens is 1. The third-order valence-corrected chi connectivity index (χ3v) is 3.85. The SMILES string of the molecule is CN(Cc1ccccc1CN)c1cc(=O)[nH]c(C2CC2)n1. The van der Waals surface area contributed by atoms with Crippen molar-refractivity contribution in [2.45, 2.75) is 31.8 Å². The molecule has 3 N–H and O–H groups in total. The average molecular weight is 284 g/mol. The van der Waals surface area contributed by atoms with E-state index in [2.05, 4.69) is 16.0 Å². The molecular formula is C16H20N4O. The molecule has 0 bridgehead atoms. The van der Waals surface area contributed by atoms with Gasteiger partial charge in [-0.1, -0.05) is 24.3 Å². The molecule has 1 aliphatic rings. The van der Waals surface area contributed by atoms with E-state index in [0.29, 0.717) is 24.8 Å². The first-order valence-electron chi connectivity index (χ1n) is 7.26. The normalized spacial score (nSPS) is 14.2. The van der Waals surface area contributed by atoms with Gasteiger partial charge in [-0.15, -0.1) is 0 Å². The number of nitrogens with two attached hydrogens (primary N) is 1. The third-order valence-electron chi connectivity index (χ3n) is 3.85. The molecule has 0 spiro atoms. The number of anilines is 1. The van der Waals surface area contributed by atoms with Crippen LogP contribution in [0.2, 0.25) is 0 Å². The minimum Gasteiger partial charge on any atom is -0.355 e. The summed E-state index contributed by atoms with van der Waals surface area (Å²) in [4.78, 5) is 21.2. The van der Waals surface area contributed by atoms with Gasteiger partial charge in [0.25, 0.3) is 5.56 Å². The first-order valence-corrected chi connectivity index (χ1v) is 7.26. The van der Waals surface area contributed by atoms with Gasteiger partial charge in [-0.25, -0.2) is 4.98 Å². The molecule has 1 aromatic carbocycles. The molecule has 5 heteroatoms. The maximum atomic E-state index is 11.8. The van der Waals surface area contributed by atoms with Crippen molar-refractivity contribution >= 4 is 5.82 Å². The summed E-state index contributed by atoms with van der Waals surface area (Å²) in [5.41, 5.74) is 7.98. The van der Waals surface area contributed by atoms with Crippen LogP contribution in [0.3, 0.4) is 0 Å². The molecule has 0 aliphatic heterocycles. The van der Waals surface area contributed by atoms with Gasteiger partial charge in [-0.3, -0.25) is 4.79 Å². The highest BCUT2D eigenvalue weighted by Crippen LogP contribution is 2.37. The van der Waals surface area contributed by atoms with E-state index in [0.717, 1.165) is 29.8 Å². The van der Waals surface area contributed by atoms with E-state index < -0.39 is 0 Å². The molecule has 1 fully saturated rings. The second-order valence-electron chi connectivity index (χ2n) is 5.59. The van der Waals surface area contributed by atoms with Crippen molar-refractivity contribution in [2.24, 2.45) is 5.73 Å². The number of rotatable bonds is 5. The number of nitrogens with one attached hydrogen (secondary N) is 1. The zero-order valence-corrected chi connectivity index (χ0v) is 12.2. The highest BCUT2D eigenvalue weighted by Gasteiger charge is 2.26. The van der Waals surface area contributed by atoms with E-state index in [1.807, 2.05) is 30.1 Å². The molecule has 0 saturated heterocycles. The van der Waals surface area contributed by atoms with Gasteiger partial charge < -0.3 is 15.6 Å². The summed E-state index contributed by atoms with van der Waals surface area (Å²) in [6, 6.07) is 9.64. The van der Waals surface area contributed by atoms with Crippen molar-refractivity contribution in [1.29, 1.82) is 0 Å². The van der Waals surface area contributed by atoms with Crippen LogP contribution in [0.5, 0.6) is 0 Å². The second kappa shape index (κ2) is 5.69. The zero-order chi connectivity index (χ0) is 14.8. The summed E-state index contributed by atoms with van der Waals surface area (Å²) in [5.74, 6) is 1.96. The molecule has 0 amide bonds. The number of aromatic amines is 1. The van der Waals surface area contributed by atoms with E-state index in [1.54, 1.807) is 6.07 Å². The maximum absolute atomic E-state index is 11.8. The van der Waals surface area contributed by atoms with Crippen molar-refractivity contribution in [3.8, 4) is 0 Å². The summed E-state index contributed by atoms with van der Waals surface area (Å²) in [6.07, 6.45) is 2.23. The smallest absolute Gasteiger partial charge is 0.252 e. The van der Waals surface area contributed by atoms with E-state index in [9.17, 15) is 4.79 Å². The highest BCUT2D eigenvalue weighted by molar-refractivity contribution is 5.40. The second-order valence-corrected chi connectivity index (χ2v) is 5.59. The third kappa shape index (κ3) is 3.13. The monoisotopic (exact) mass is 284 g/mol. The zero-order valence-electron chi connectivity index (χ0n) is 12.2. The van der Waals surface area contributed by atoms with Crippen molar-refractivity contribution < 1.29 is 0 Å². The summed E-state index contributed by atoms with van der Waals surface area (Å²) in [6.45, 7) is 1.20. The van der Waals surface area contributed by atoms with Crippen LogP contribution in [0.15, 0.2) is 35.1 Å². The van der Waals surface area contributed by atoms with Gasteiger partial charge in [0.15, 0.2) is 0 Å². The standard InChI is InChI=1S/C16H20N4O/c1-20(10-13-5-3-2-4-12(13)9-17)14-8-15(21)19-16(18-14)11-6-7-11/h2-5,8,11H,6-7,9-10,17H2,1H3,(H,18,19,21). The lowest BCUT2D eigenvalue weighted by Gasteiger charge is -2.20. The van der Waals surface area contributed by atoms with Crippen LogP contribution in [0.25, 0.3) is 0 Å². The van der Waals surface area contributed by atoms with Crippen molar-refractivity contribution in [3.63, 3.8) is 0 Å². The Bertz CT molecular complexity index is 691. The van der Waals surface area contributed by atoms with Crippen molar-refractivity contribution in [1.82, 2.24) is 9.97 Å². The number of nitrogens with zero attached hydrogens (tertiary/aromatic N) is 2. The largest absolute Gasteiger partial charge is 0.355 e. The van der Waals surface area contributed by atoms with Crippen molar-refractivity contribution in [3.05, 3.63) is 57.6 Å². The molecule has 0 atom stereocenters. The van der Waals surface area contributed by atoms with Gasteiger partial charge in [-0.2, -0.15) is 0 Å². The molecule has 0 radical (unpaired) electrons. The number of hydrogen-bond donors (Lipinski definition) is 2. The van der Waals surface area contributed by atoms with Crippen LogP contribution in [-0.4, -0.2) is 17.0 Å². The lowest BCUT2D eigenvalue weighted by molar-refractivity contribution is 0.836. The van der Waals surface area contributed by atoms with E-state index >= 15 is 0 Å². The maximum Gasteiger partial charge on any atom is 0.252 e. The predicted molar refractivity (Wildman–Crippen MR) is 83.3 cm³/mol. The first kappa shape index (κ1) is 13.8. The van der Waals surface area contributed by atoms with E-state index in [1.165, 1.54) is 0 Å². The number of hydrogen-bond acceptors (Lipinski definition) is 4. The molecule has 21 heavy (non-hydrogen) atoms. The van der Waals surface area contributed by atoms with Gasteiger partial charge in [0.05, 0.1) is 0 Å². The van der Waals surface area contributed by atoms with E-state index in [4.69, 9.17) is 5.73 Å². The summed E-state index contributed by atoms with van der Waals surface area (Å²) in [5, 5.41) is 0. The van der Waals surface area contributed by atoms with Crippen LogP contribution in [-0.2, 0) is 13.1 Å². The molecule has 1 saturated carbocycles. The molecule has 1 aliphatic carbocycles. The molecular weight excluding hydrogens is 264 g/mol. The summed E-state index contributed by atoms with van der Waals surface area (Å²) in [7, 11) is 1.95. The Hall–Kier alpha value is -2.14. The number of benzene rings is 1. The highest BCUT2D eigenvalue weighted by atomic mass is 16.1. The lowest BCUT2D eigenvalue weighted by atomic mass is 10.1. The van der Waals surface area contributed by atoms with Gasteiger partial charge in [0, 0.05) is 32.1 Å². The molecule has 5 nitrogen and oxygen atoms in total. The van der Waals surface area contributed by atoms with Crippen LogP contribution in [0.4, 0.5) is 5.82 Å². The van der Waals surface area contributed by atoms with E-state index in [-0.39, 0.29) is 5.56 Å². The lowest BCUT2D eigenvalue weighted by Crippen LogP contribution is -2.22. The number of aromatic nitrogens is 2. The van der Waals surface area contributed by atoms with Crippen LogP contribution in [0, 0.1) is 0 Å². The fourth-order valence-corrected chi connectivity index (χ4v) is 2.46. The predicted octanol–water partition coefficient (Wildman–Crippen LogP) is 1.74. The molecule has 1 aromatic heterocycles. The summed E-state index contributed by atoms with van der Waals surface area (Å²) >= 11 is 0. The first-order chi connectivity index (χ1) is 10.2. The topological polar surface area (TPSA) is 75.0 Å². The fraction of sp³-hybridized carbons (Fsp3) is 0.375. The van der Waals surface area contributed by atoms with Crippen LogP contribution < -0.4 is 16.2 Å². The van der Waals surface area contributed by atoms with Gasteiger partial charge in [0.2, 0.25) is 0 Å². The summed E-state index contributed by atoms with van der Waals surface area (Å²) < 4.78 is 0. The Morgan fingerprint density at radius 1 is 1.33 bits per heavy atom. The fourth-order valence-electron chi connectivity index (χ4n) is 2.46. The Balaban J connectivity index is 1.84. The Kier molecular flexibility index (Phi) is 3.75. The molecule has 1 heterocycles. The van der Waals surface area contributed by atoms with Crippen molar-refractivity contribution in [2.75, 3.05) is 11.9 Å². The van der Waals surface area contributed by atoms with Crippen LogP contribution in [0.1, 0.15) is 35.7 Å². The van der Waals surface area contributed by atoms with Gasteiger partial charge in [-0.05, 0) is 24.0 Å². The van der Waals surface area contributed by atoms with Crippen LogP contribution >= 0.6 is 0 Å². The molecule has 2 aromatic rings.